The summed E-state index contributed by atoms with van der Waals surface area (Å²) < 4.78 is 0.835. The quantitative estimate of drug-likeness (QED) is 0.706. The molecule has 1 aromatic rings. The molecule has 1 atom stereocenters. The molecule has 7 nitrogen and oxygen atoms in total. The van der Waals surface area contributed by atoms with Crippen LogP contribution in [0.1, 0.15) is 23.5 Å². The maximum Gasteiger partial charge on any atom is 0.356 e. The molecule has 0 spiro atoms. The highest BCUT2D eigenvalue weighted by atomic mass is 16.4. The van der Waals surface area contributed by atoms with Crippen molar-refractivity contribution in [3.63, 3.8) is 0 Å². The van der Waals surface area contributed by atoms with Crippen LogP contribution in [-0.4, -0.2) is 33.3 Å². The van der Waals surface area contributed by atoms with Crippen LogP contribution < -0.4 is 10.9 Å². The fourth-order valence-electron chi connectivity index (χ4n) is 1.25. The van der Waals surface area contributed by atoms with Gasteiger partial charge in [-0.05, 0) is 13.0 Å². The van der Waals surface area contributed by atoms with E-state index < -0.39 is 23.5 Å². The van der Waals surface area contributed by atoms with Gasteiger partial charge in [0.15, 0.2) is 5.69 Å². The van der Waals surface area contributed by atoms with Gasteiger partial charge in [0.1, 0.15) is 6.04 Å². The van der Waals surface area contributed by atoms with Gasteiger partial charge in [0.2, 0.25) is 5.91 Å². The molecule has 0 fully saturated rings. The summed E-state index contributed by atoms with van der Waals surface area (Å²) in [4.78, 5) is 33.9. The average molecular weight is 251 g/mol. The van der Waals surface area contributed by atoms with Gasteiger partial charge in [-0.2, -0.15) is 5.10 Å². The van der Waals surface area contributed by atoms with Gasteiger partial charge in [-0.1, -0.05) is 6.08 Å². The number of aromatic carboxylic acids is 1. The van der Waals surface area contributed by atoms with Crippen LogP contribution in [-0.2, 0) is 4.79 Å². The number of aromatic nitrogens is 2. The molecule has 0 saturated carbocycles. The Labute approximate surface area is 103 Å². The minimum atomic E-state index is -1.26. The number of carboxylic acid groups (broad SMARTS) is 1. The van der Waals surface area contributed by atoms with Gasteiger partial charge in [-0.3, -0.25) is 9.59 Å². The van der Waals surface area contributed by atoms with E-state index in [1.807, 2.05) is 0 Å². The first-order valence-corrected chi connectivity index (χ1v) is 5.19. The number of rotatable bonds is 5. The molecule has 0 aromatic carbocycles. The van der Waals surface area contributed by atoms with Gasteiger partial charge in [0, 0.05) is 12.6 Å². The Hall–Kier alpha value is -2.44. The summed E-state index contributed by atoms with van der Waals surface area (Å²) in [6, 6.07) is 1.26. The van der Waals surface area contributed by atoms with E-state index in [0.29, 0.717) is 0 Å². The van der Waals surface area contributed by atoms with E-state index in [-0.39, 0.29) is 12.2 Å². The highest BCUT2D eigenvalue weighted by molar-refractivity contribution is 5.85. The fourth-order valence-corrected chi connectivity index (χ4v) is 1.25. The summed E-state index contributed by atoms with van der Waals surface area (Å²) in [5.74, 6) is -1.70. The minimum Gasteiger partial charge on any atom is -0.476 e. The second-order valence-electron chi connectivity index (χ2n) is 3.52. The van der Waals surface area contributed by atoms with Crippen LogP contribution in [0.4, 0.5) is 0 Å². The van der Waals surface area contributed by atoms with E-state index in [9.17, 15) is 14.4 Å². The zero-order chi connectivity index (χ0) is 13.7. The fraction of sp³-hybridized carbons (Fsp3) is 0.273. The SMILES string of the molecule is C=CCNC(=O)C(C)n1nc(C(=O)O)ccc1=O. The van der Waals surface area contributed by atoms with Crippen LogP contribution in [0, 0.1) is 0 Å². The third-order valence-electron chi connectivity index (χ3n) is 2.21. The summed E-state index contributed by atoms with van der Waals surface area (Å²) >= 11 is 0. The lowest BCUT2D eigenvalue weighted by atomic mass is 10.3. The highest BCUT2D eigenvalue weighted by Crippen LogP contribution is 2.01. The Kier molecular flexibility index (Phi) is 4.36. The maximum absolute atomic E-state index is 11.6. The molecule has 0 bridgehead atoms. The van der Waals surface area contributed by atoms with E-state index in [4.69, 9.17) is 5.11 Å². The van der Waals surface area contributed by atoms with Crippen molar-refractivity contribution in [2.75, 3.05) is 6.54 Å². The minimum absolute atomic E-state index is 0.260. The lowest BCUT2D eigenvalue weighted by molar-refractivity contribution is -0.124. The first kappa shape index (κ1) is 13.6. The molecule has 0 saturated heterocycles. The van der Waals surface area contributed by atoms with Crippen LogP contribution in [0.15, 0.2) is 29.6 Å². The van der Waals surface area contributed by atoms with Crippen LogP contribution in [0.5, 0.6) is 0 Å². The number of carbonyl (C=O) groups is 2. The molecule has 96 valence electrons. The second kappa shape index (κ2) is 5.76. The van der Waals surface area contributed by atoms with Crippen molar-refractivity contribution in [1.82, 2.24) is 15.1 Å². The third kappa shape index (κ3) is 3.03. The van der Waals surface area contributed by atoms with Crippen LogP contribution >= 0.6 is 0 Å². The number of nitrogens with one attached hydrogen (secondary N) is 1. The Morgan fingerprint density at radius 2 is 2.28 bits per heavy atom. The predicted molar refractivity (Wildman–Crippen MR) is 63.4 cm³/mol. The first-order valence-electron chi connectivity index (χ1n) is 5.19. The van der Waals surface area contributed by atoms with Gasteiger partial charge in [0.05, 0.1) is 0 Å². The highest BCUT2D eigenvalue weighted by Gasteiger charge is 2.18. The summed E-state index contributed by atoms with van der Waals surface area (Å²) in [6.07, 6.45) is 1.49. The zero-order valence-electron chi connectivity index (χ0n) is 9.79. The summed E-state index contributed by atoms with van der Waals surface area (Å²) in [7, 11) is 0. The van der Waals surface area contributed by atoms with E-state index in [1.165, 1.54) is 13.0 Å². The van der Waals surface area contributed by atoms with Gasteiger partial charge < -0.3 is 10.4 Å². The van der Waals surface area contributed by atoms with Gasteiger partial charge in [-0.15, -0.1) is 6.58 Å². The van der Waals surface area contributed by atoms with Gasteiger partial charge in [0.25, 0.3) is 5.56 Å². The molecule has 2 N–H and O–H groups in total. The lowest BCUT2D eigenvalue weighted by Crippen LogP contribution is -2.37. The summed E-state index contributed by atoms with van der Waals surface area (Å²) in [5, 5.41) is 14.9. The largest absolute Gasteiger partial charge is 0.476 e. The molecule has 1 heterocycles. The molecular formula is C11H13N3O4. The van der Waals surface area contributed by atoms with Crippen molar-refractivity contribution < 1.29 is 14.7 Å². The summed E-state index contributed by atoms with van der Waals surface area (Å²) in [6.45, 7) is 5.16. The number of carboxylic acids is 1. The number of amides is 1. The van der Waals surface area contributed by atoms with Crippen molar-refractivity contribution in [3.8, 4) is 0 Å². The van der Waals surface area contributed by atoms with Gasteiger partial charge >= 0.3 is 5.97 Å². The maximum atomic E-state index is 11.6. The molecule has 0 radical (unpaired) electrons. The third-order valence-corrected chi connectivity index (χ3v) is 2.21. The molecule has 18 heavy (non-hydrogen) atoms. The smallest absolute Gasteiger partial charge is 0.356 e. The molecule has 0 aliphatic rings. The van der Waals surface area contributed by atoms with Crippen LogP contribution in [0.25, 0.3) is 0 Å². The van der Waals surface area contributed by atoms with Crippen molar-refractivity contribution >= 4 is 11.9 Å². The Morgan fingerprint density at radius 3 is 2.83 bits per heavy atom. The molecule has 1 amide bonds. The molecule has 1 unspecified atom stereocenters. The van der Waals surface area contributed by atoms with Gasteiger partial charge in [-0.25, -0.2) is 9.48 Å². The van der Waals surface area contributed by atoms with Crippen LogP contribution in [0.3, 0.4) is 0 Å². The number of hydrogen-bond acceptors (Lipinski definition) is 4. The van der Waals surface area contributed by atoms with Crippen molar-refractivity contribution in [1.29, 1.82) is 0 Å². The monoisotopic (exact) mass is 251 g/mol. The molecule has 1 aromatic heterocycles. The molecular weight excluding hydrogens is 238 g/mol. The molecule has 7 heteroatoms. The lowest BCUT2D eigenvalue weighted by Gasteiger charge is -2.13. The summed E-state index contributed by atoms with van der Waals surface area (Å²) in [5.41, 5.74) is -0.834. The number of hydrogen-bond donors (Lipinski definition) is 2. The topological polar surface area (TPSA) is 101 Å². The van der Waals surface area contributed by atoms with E-state index in [2.05, 4.69) is 17.0 Å². The van der Waals surface area contributed by atoms with Crippen molar-refractivity contribution in [2.45, 2.75) is 13.0 Å². The number of nitrogens with zero attached hydrogens (tertiary/aromatic N) is 2. The predicted octanol–water partition coefficient (Wildman–Crippen LogP) is -0.195. The molecule has 0 aliphatic heterocycles. The molecule has 0 aliphatic carbocycles. The molecule has 1 rings (SSSR count). The van der Waals surface area contributed by atoms with E-state index >= 15 is 0 Å². The Morgan fingerprint density at radius 1 is 1.61 bits per heavy atom. The van der Waals surface area contributed by atoms with E-state index in [0.717, 1.165) is 16.8 Å². The second-order valence-corrected chi connectivity index (χ2v) is 3.52. The zero-order valence-corrected chi connectivity index (χ0v) is 9.79. The van der Waals surface area contributed by atoms with Crippen molar-refractivity contribution in [3.05, 3.63) is 40.8 Å². The van der Waals surface area contributed by atoms with Crippen molar-refractivity contribution in [2.24, 2.45) is 0 Å². The average Bonchev–Trinajstić information content (AvgIpc) is 2.35. The first-order chi connectivity index (χ1) is 8.47. The standard InChI is InChI=1S/C11H13N3O4/c1-3-6-12-10(16)7(2)14-9(15)5-4-8(13-14)11(17)18/h3-5,7H,1,6H2,2H3,(H,12,16)(H,17,18). The normalized spacial score (nSPS) is 11.6. The van der Waals surface area contributed by atoms with E-state index in [1.54, 1.807) is 0 Å². The van der Waals surface area contributed by atoms with Crippen LogP contribution in [0.2, 0.25) is 0 Å². The Balaban J connectivity index is 3.04. The Bertz CT molecular complexity index is 535. The number of carbonyl (C=O) groups excluding carboxylic acids is 1.